The van der Waals surface area contributed by atoms with Gasteiger partial charge in [0, 0.05) is 23.4 Å². The Bertz CT molecular complexity index is 589. The van der Waals surface area contributed by atoms with Crippen molar-refractivity contribution in [1.82, 2.24) is 10.1 Å². The first-order valence-corrected chi connectivity index (χ1v) is 7.93. The van der Waals surface area contributed by atoms with E-state index in [4.69, 9.17) is 10.3 Å². The molecule has 0 aliphatic carbocycles. The van der Waals surface area contributed by atoms with Crippen LogP contribution < -0.4 is 5.73 Å². The van der Waals surface area contributed by atoms with Crippen LogP contribution in [-0.4, -0.2) is 16.2 Å². The zero-order valence-electron chi connectivity index (χ0n) is 12.8. The third-order valence-corrected chi connectivity index (χ3v) is 3.90. The number of benzene rings is 1. The monoisotopic (exact) mass is 351 g/mol. The molecule has 1 aromatic carbocycles. The lowest BCUT2D eigenvalue weighted by Crippen LogP contribution is -2.28. The van der Waals surface area contributed by atoms with Gasteiger partial charge in [0.05, 0.1) is 0 Å². The molecule has 1 atom stereocenters. The fourth-order valence-corrected chi connectivity index (χ4v) is 2.76. The predicted molar refractivity (Wildman–Crippen MR) is 87.0 cm³/mol. The second kappa shape index (κ2) is 6.71. The molecule has 0 aliphatic rings. The van der Waals surface area contributed by atoms with E-state index in [1.807, 2.05) is 24.3 Å². The molecule has 2 rings (SSSR count). The standard InChI is InChI=1S/C16H22BrN3O/c1-16(2,3)10-12(18)9-15-19-14(20-21-15)8-11-6-4-5-7-13(11)17/h4-7,12H,8-10,18H2,1-3H3. The second-order valence-corrected chi connectivity index (χ2v) is 7.46. The molecule has 0 spiro atoms. The minimum Gasteiger partial charge on any atom is -0.339 e. The third kappa shape index (κ3) is 5.25. The van der Waals surface area contributed by atoms with Crippen LogP contribution in [0.4, 0.5) is 0 Å². The number of nitrogens with zero attached hydrogens (tertiary/aromatic N) is 2. The molecular weight excluding hydrogens is 330 g/mol. The number of rotatable bonds is 5. The summed E-state index contributed by atoms with van der Waals surface area (Å²) in [5, 5.41) is 4.04. The first kappa shape index (κ1) is 16.2. The summed E-state index contributed by atoms with van der Waals surface area (Å²) in [6, 6.07) is 8.09. The van der Waals surface area contributed by atoms with Crippen LogP contribution in [0.2, 0.25) is 0 Å². The Morgan fingerprint density at radius 3 is 2.67 bits per heavy atom. The first-order valence-electron chi connectivity index (χ1n) is 7.14. The van der Waals surface area contributed by atoms with Crippen LogP contribution in [0, 0.1) is 5.41 Å². The van der Waals surface area contributed by atoms with Gasteiger partial charge in [0.25, 0.3) is 0 Å². The van der Waals surface area contributed by atoms with Crippen LogP contribution in [0.1, 0.15) is 44.5 Å². The highest BCUT2D eigenvalue weighted by Crippen LogP contribution is 2.22. The van der Waals surface area contributed by atoms with E-state index in [9.17, 15) is 0 Å². The highest BCUT2D eigenvalue weighted by Gasteiger charge is 2.18. The lowest BCUT2D eigenvalue weighted by atomic mass is 9.87. The SMILES string of the molecule is CC(C)(C)CC(N)Cc1nc(Cc2ccccc2Br)no1. The zero-order valence-corrected chi connectivity index (χ0v) is 14.4. The van der Waals surface area contributed by atoms with Crippen LogP contribution in [0.25, 0.3) is 0 Å². The molecule has 0 radical (unpaired) electrons. The normalized spacial score (nSPS) is 13.4. The molecule has 0 fully saturated rings. The van der Waals surface area contributed by atoms with Crippen LogP contribution in [0.3, 0.4) is 0 Å². The van der Waals surface area contributed by atoms with Crippen molar-refractivity contribution in [3.63, 3.8) is 0 Å². The largest absolute Gasteiger partial charge is 0.339 e. The van der Waals surface area contributed by atoms with Crippen LogP contribution >= 0.6 is 15.9 Å². The second-order valence-electron chi connectivity index (χ2n) is 6.60. The highest BCUT2D eigenvalue weighted by atomic mass is 79.9. The number of hydrogen-bond acceptors (Lipinski definition) is 4. The van der Waals surface area contributed by atoms with Crippen molar-refractivity contribution in [3.8, 4) is 0 Å². The molecule has 1 heterocycles. The Hall–Kier alpha value is -1.20. The Morgan fingerprint density at radius 1 is 1.29 bits per heavy atom. The minimum absolute atomic E-state index is 0.0433. The van der Waals surface area contributed by atoms with Crippen molar-refractivity contribution in [3.05, 3.63) is 46.0 Å². The van der Waals surface area contributed by atoms with Crippen molar-refractivity contribution in [2.75, 3.05) is 0 Å². The first-order chi connectivity index (χ1) is 9.83. The van der Waals surface area contributed by atoms with Crippen LogP contribution in [0.5, 0.6) is 0 Å². The van der Waals surface area contributed by atoms with E-state index in [2.05, 4.69) is 46.8 Å². The Morgan fingerprint density at radius 2 is 2.00 bits per heavy atom. The van der Waals surface area contributed by atoms with Gasteiger partial charge >= 0.3 is 0 Å². The topological polar surface area (TPSA) is 64.9 Å². The van der Waals surface area contributed by atoms with Crippen molar-refractivity contribution >= 4 is 15.9 Å². The molecule has 0 aliphatic heterocycles. The summed E-state index contributed by atoms with van der Waals surface area (Å²) in [4.78, 5) is 4.44. The summed E-state index contributed by atoms with van der Waals surface area (Å²) in [5.41, 5.74) is 7.49. The maximum atomic E-state index is 6.14. The molecule has 0 bridgehead atoms. The van der Waals surface area contributed by atoms with Gasteiger partial charge in [-0.15, -0.1) is 0 Å². The molecule has 0 saturated heterocycles. The van der Waals surface area contributed by atoms with Crippen molar-refractivity contribution in [1.29, 1.82) is 0 Å². The molecule has 5 heteroatoms. The minimum atomic E-state index is 0.0433. The molecule has 0 amide bonds. The van der Waals surface area contributed by atoms with E-state index in [-0.39, 0.29) is 11.5 Å². The molecule has 2 N–H and O–H groups in total. The lowest BCUT2D eigenvalue weighted by molar-refractivity contribution is 0.312. The van der Waals surface area contributed by atoms with Gasteiger partial charge in [-0.2, -0.15) is 4.98 Å². The quantitative estimate of drug-likeness (QED) is 0.891. The number of hydrogen-bond donors (Lipinski definition) is 1. The van der Waals surface area contributed by atoms with E-state index < -0.39 is 0 Å². The fraction of sp³-hybridized carbons (Fsp3) is 0.500. The Balaban J connectivity index is 1.97. The predicted octanol–water partition coefficient (Wildman–Crippen LogP) is 3.73. The molecule has 0 saturated carbocycles. The number of halogens is 1. The van der Waals surface area contributed by atoms with Gasteiger partial charge in [-0.25, -0.2) is 0 Å². The summed E-state index contributed by atoms with van der Waals surface area (Å²) in [5.74, 6) is 1.31. The Labute approximate surface area is 134 Å². The van der Waals surface area contributed by atoms with Crippen LogP contribution in [0.15, 0.2) is 33.3 Å². The van der Waals surface area contributed by atoms with E-state index in [0.717, 1.165) is 16.5 Å². The van der Waals surface area contributed by atoms with E-state index in [0.29, 0.717) is 24.6 Å². The maximum absolute atomic E-state index is 6.14. The average molecular weight is 352 g/mol. The summed E-state index contributed by atoms with van der Waals surface area (Å²) in [6.45, 7) is 6.54. The van der Waals surface area contributed by atoms with Crippen molar-refractivity contribution in [2.24, 2.45) is 11.1 Å². The zero-order chi connectivity index (χ0) is 15.5. The van der Waals surface area contributed by atoms with Gasteiger partial charge in [-0.05, 0) is 23.5 Å². The number of nitrogens with two attached hydrogens (primary N) is 1. The van der Waals surface area contributed by atoms with Gasteiger partial charge in [-0.3, -0.25) is 0 Å². The molecule has 114 valence electrons. The van der Waals surface area contributed by atoms with Gasteiger partial charge in [0.1, 0.15) is 0 Å². The average Bonchev–Trinajstić information content (AvgIpc) is 2.77. The highest BCUT2D eigenvalue weighted by molar-refractivity contribution is 9.10. The molecule has 1 aromatic heterocycles. The maximum Gasteiger partial charge on any atom is 0.228 e. The Kier molecular flexibility index (Phi) is 5.17. The summed E-state index contributed by atoms with van der Waals surface area (Å²) in [6.07, 6.45) is 2.20. The summed E-state index contributed by atoms with van der Waals surface area (Å²) in [7, 11) is 0. The lowest BCUT2D eigenvalue weighted by Gasteiger charge is -2.21. The molecular formula is C16H22BrN3O. The molecule has 2 aromatic rings. The van der Waals surface area contributed by atoms with E-state index >= 15 is 0 Å². The van der Waals surface area contributed by atoms with Gasteiger partial charge < -0.3 is 10.3 Å². The molecule has 21 heavy (non-hydrogen) atoms. The molecule has 4 nitrogen and oxygen atoms in total. The third-order valence-electron chi connectivity index (χ3n) is 3.13. The number of aromatic nitrogens is 2. The fourth-order valence-electron chi connectivity index (χ4n) is 2.34. The van der Waals surface area contributed by atoms with E-state index in [1.165, 1.54) is 0 Å². The van der Waals surface area contributed by atoms with E-state index in [1.54, 1.807) is 0 Å². The van der Waals surface area contributed by atoms with Crippen molar-refractivity contribution < 1.29 is 4.52 Å². The van der Waals surface area contributed by atoms with Gasteiger partial charge in [0.2, 0.25) is 5.89 Å². The molecule has 1 unspecified atom stereocenters. The van der Waals surface area contributed by atoms with Gasteiger partial charge in [-0.1, -0.05) is 60.1 Å². The van der Waals surface area contributed by atoms with Gasteiger partial charge in [0.15, 0.2) is 5.82 Å². The summed E-state index contributed by atoms with van der Waals surface area (Å²) < 4.78 is 6.36. The van der Waals surface area contributed by atoms with Crippen molar-refractivity contribution in [2.45, 2.75) is 46.1 Å². The summed E-state index contributed by atoms with van der Waals surface area (Å²) >= 11 is 3.53. The van der Waals surface area contributed by atoms with Crippen LogP contribution in [-0.2, 0) is 12.8 Å². The smallest absolute Gasteiger partial charge is 0.228 e.